The second-order valence-electron chi connectivity index (χ2n) is 4.02. The number of sulfonamides is 1. The Labute approximate surface area is 115 Å². The van der Waals surface area contributed by atoms with Crippen LogP contribution in [0.2, 0.25) is 0 Å². The van der Waals surface area contributed by atoms with Gasteiger partial charge in [-0.3, -0.25) is 4.79 Å². The number of benzene rings is 1. The van der Waals surface area contributed by atoms with Crippen molar-refractivity contribution in [3.8, 4) is 0 Å². The van der Waals surface area contributed by atoms with Gasteiger partial charge in [-0.2, -0.15) is 4.31 Å². The Kier molecular flexibility index (Phi) is 4.52. The van der Waals surface area contributed by atoms with Crippen LogP contribution in [-0.4, -0.2) is 37.4 Å². The van der Waals surface area contributed by atoms with Crippen molar-refractivity contribution in [3.05, 3.63) is 27.7 Å². The number of carbonyl (C=O) groups is 1. The fraction of sp³-hybridized carbons (Fsp3) is 0.364. The molecular weight excluding hydrogens is 322 g/mol. The zero-order valence-electron chi connectivity index (χ0n) is 10.3. The third kappa shape index (κ3) is 3.09. The first-order valence-corrected chi connectivity index (χ1v) is 7.34. The highest BCUT2D eigenvalue weighted by Crippen LogP contribution is 2.25. The van der Waals surface area contributed by atoms with Crippen molar-refractivity contribution in [1.29, 1.82) is 0 Å². The molecule has 1 aromatic carbocycles. The van der Waals surface area contributed by atoms with Gasteiger partial charge in [0.2, 0.25) is 10.0 Å². The van der Waals surface area contributed by atoms with E-state index < -0.39 is 22.5 Å². The minimum absolute atomic E-state index is 0.131. The van der Waals surface area contributed by atoms with Gasteiger partial charge in [0.05, 0.1) is 4.90 Å². The van der Waals surface area contributed by atoms with E-state index in [1.165, 1.54) is 13.1 Å². The number of aliphatic carboxylic acids is 1. The average molecular weight is 336 g/mol. The number of halogens is 1. The number of likely N-dealkylation sites (N-methyl/N-ethyl adjacent to an activating group) is 1. The topological polar surface area (TPSA) is 74.7 Å². The Hall–Kier alpha value is -0.920. The third-order valence-electron chi connectivity index (χ3n) is 2.50. The monoisotopic (exact) mass is 335 g/mol. The molecule has 0 aromatic heterocycles. The zero-order valence-corrected chi connectivity index (χ0v) is 12.7. The van der Waals surface area contributed by atoms with Crippen LogP contribution >= 0.6 is 15.9 Å². The molecule has 0 unspecified atom stereocenters. The van der Waals surface area contributed by atoms with Gasteiger partial charge in [-0.15, -0.1) is 0 Å². The lowest BCUT2D eigenvalue weighted by Crippen LogP contribution is -2.32. The van der Waals surface area contributed by atoms with E-state index in [1.54, 1.807) is 19.9 Å². The van der Waals surface area contributed by atoms with E-state index in [0.717, 1.165) is 14.3 Å². The number of hydrogen-bond acceptors (Lipinski definition) is 3. The van der Waals surface area contributed by atoms with Crippen LogP contribution in [0.25, 0.3) is 0 Å². The highest BCUT2D eigenvalue weighted by Gasteiger charge is 2.25. The lowest BCUT2D eigenvalue weighted by molar-refractivity contribution is -0.137. The molecule has 1 N–H and O–H groups in total. The fourth-order valence-corrected chi connectivity index (χ4v) is 3.34. The molecule has 0 spiro atoms. The molecule has 0 aliphatic heterocycles. The number of carboxylic acids is 1. The van der Waals surface area contributed by atoms with E-state index in [1.807, 2.05) is 0 Å². The van der Waals surface area contributed by atoms with Crippen LogP contribution in [0.4, 0.5) is 0 Å². The maximum Gasteiger partial charge on any atom is 0.318 e. The molecule has 0 amide bonds. The van der Waals surface area contributed by atoms with Gasteiger partial charge in [0.25, 0.3) is 0 Å². The van der Waals surface area contributed by atoms with E-state index in [0.29, 0.717) is 5.56 Å². The Morgan fingerprint density at radius 3 is 2.39 bits per heavy atom. The van der Waals surface area contributed by atoms with E-state index >= 15 is 0 Å². The molecule has 0 aliphatic rings. The number of hydrogen-bond donors (Lipinski definition) is 1. The summed E-state index contributed by atoms with van der Waals surface area (Å²) in [6.45, 7) is 2.89. The number of nitrogens with zero attached hydrogens (tertiary/aromatic N) is 1. The predicted octanol–water partition coefficient (Wildman–Crippen LogP) is 1.77. The van der Waals surface area contributed by atoms with Gasteiger partial charge >= 0.3 is 5.97 Å². The van der Waals surface area contributed by atoms with Crippen LogP contribution in [0, 0.1) is 13.8 Å². The maximum absolute atomic E-state index is 12.2. The summed E-state index contributed by atoms with van der Waals surface area (Å²) in [5.74, 6) is -1.19. The Balaban J connectivity index is 3.29. The van der Waals surface area contributed by atoms with E-state index in [2.05, 4.69) is 15.9 Å². The van der Waals surface area contributed by atoms with Crippen LogP contribution in [0.1, 0.15) is 11.1 Å². The first-order chi connectivity index (χ1) is 8.16. The van der Waals surface area contributed by atoms with Gasteiger partial charge in [-0.25, -0.2) is 8.42 Å². The van der Waals surface area contributed by atoms with Crippen molar-refractivity contribution in [2.24, 2.45) is 0 Å². The average Bonchev–Trinajstić information content (AvgIpc) is 2.22. The molecule has 7 heteroatoms. The van der Waals surface area contributed by atoms with Gasteiger partial charge < -0.3 is 5.11 Å². The SMILES string of the molecule is Cc1cc(S(=O)(=O)N(C)CC(=O)O)c(C)cc1Br. The number of rotatable bonds is 4. The van der Waals surface area contributed by atoms with Gasteiger partial charge in [-0.1, -0.05) is 15.9 Å². The molecule has 0 bridgehead atoms. The fourth-order valence-electron chi connectivity index (χ4n) is 1.48. The molecule has 0 aliphatic carbocycles. The maximum atomic E-state index is 12.2. The molecule has 5 nitrogen and oxygen atoms in total. The second-order valence-corrected chi connectivity index (χ2v) is 6.89. The van der Waals surface area contributed by atoms with Gasteiger partial charge in [-0.05, 0) is 37.1 Å². The molecule has 0 radical (unpaired) electrons. The summed E-state index contributed by atoms with van der Waals surface area (Å²) in [6.07, 6.45) is 0. The quantitative estimate of drug-likeness (QED) is 0.909. The summed E-state index contributed by atoms with van der Waals surface area (Å²) in [5, 5.41) is 8.65. The van der Waals surface area contributed by atoms with E-state index in [-0.39, 0.29) is 4.90 Å². The summed E-state index contributed by atoms with van der Waals surface area (Å²) in [6, 6.07) is 3.24. The van der Waals surface area contributed by atoms with Crippen molar-refractivity contribution >= 4 is 31.9 Å². The van der Waals surface area contributed by atoms with Crippen LogP contribution in [0.15, 0.2) is 21.5 Å². The molecule has 18 heavy (non-hydrogen) atoms. The van der Waals surface area contributed by atoms with Crippen molar-refractivity contribution in [1.82, 2.24) is 4.31 Å². The zero-order chi connectivity index (χ0) is 14.1. The van der Waals surface area contributed by atoms with Crippen molar-refractivity contribution in [2.45, 2.75) is 18.7 Å². The Morgan fingerprint density at radius 1 is 1.33 bits per heavy atom. The predicted molar refractivity (Wildman–Crippen MR) is 71.1 cm³/mol. The second kappa shape index (κ2) is 5.38. The van der Waals surface area contributed by atoms with Crippen molar-refractivity contribution in [2.75, 3.05) is 13.6 Å². The molecule has 0 saturated heterocycles. The molecule has 0 saturated carbocycles. The molecular formula is C11H14BrNO4S. The van der Waals surface area contributed by atoms with Gasteiger partial charge in [0.1, 0.15) is 6.54 Å². The van der Waals surface area contributed by atoms with Gasteiger partial charge in [0, 0.05) is 11.5 Å². The highest BCUT2D eigenvalue weighted by molar-refractivity contribution is 9.10. The molecule has 0 heterocycles. The highest BCUT2D eigenvalue weighted by atomic mass is 79.9. The molecule has 1 rings (SSSR count). The first-order valence-electron chi connectivity index (χ1n) is 5.11. The number of aryl methyl sites for hydroxylation is 2. The molecule has 1 aromatic rings. The Morgan fingerprint density at radius 2 is 1.89 bits per heavy atom. The lowest BCUT2D eigenvalue weighted by atomic mass is 10.2. The van der Waals surface area contributed by atoms with Gasteiger partial charge in [0.15, 0.2) is 0 Å². The minimum Gasteiger partial charge on any atom is -0.480 e. The van der Waals surface area contributed by atoms with Crippen LogP contribution in [-0.2, 0) is 14.8 Å². The first kappa shape index (κ1) is 15.1. The van der Waals surface area contributed by atoms with Crippen LogP contribution in [0.5, 0.6) is 0 Å². The smallest absolute Gasteiger partial charge is 0.318 e. The summed E-state index contributed by atoms with van der Waals surface area (Å²) < 4.78 is 26.0. The normalized spacial score (nSPS) is 11.8. The summed E-state index contributed by atoms with van der Waals surface area (Å²) in [5.41, 5.74) is 1.35. The molecule has 0 fully saturated rings. The lowest BCUT2D eigenvalue weighted by Gasteiger charge is -2.17. The summed E-state index contributed by atoms with van der Waals surface area (Å²) in [7, 11) is -2.52. The molecule has 0 atom stereocenters. The Bertz CT molecular complexity index is 583. The van der Waals surface area contributed by atoms with E-state index in [4.69, 9.17) is 5.11 Å². The standard InChI is InChI=1S/C11H14BrNO4S/c1-7-5-10(8(2)4-9(7)12)18(16,17)13(3)6-11(14)15/h4-5H,6H2,1-3H3,(H,14,15). The van der Waals surface area contributed by atoms with Crippen LogP contribution < -0.4 is 0 Å². The summed E-state index contributed by atoms with van der Waals surface area (Å²) in [4.78, 5) is 10.7. The molecule has 100 valence electrons. The van der Waals surface area contributed by atoms with Crippen molar-refractivity contribution in [3.63, 3.8) is 0 Å². The largest absolute Gasteiger partial charge is 0.480 e. The third-order valence-corrected chi connectivity index (χ3v) is 5.30. The van der Waals surface area contributed by atoms with E-state index in [9.17, 15) is 13.2 Å². The van der Waals surface area contributed by atoms with Crippen LogP contribution in [0.3, 0.4) is 0 Å². The van der Waals surface area contributed by atoms with Crippen molar-refractivity contribution < 1.29 is 18.3 Å². The minimum atomic E-state index is -3.77. The summed E-state index contributed by atoms with van der Waals surface area (Å²) >= 11 is 3.32. The number of carboxylic acid groups (broad SMARTS) is 1.